The second-order valence-corrected chi connectivity index (χ2v) is 9.80. The van der Waals surface area contributed by atoms with Gasteiger partial charge in [0.05, 0.1) is 19.0 Å². The summed E-state index contributed by atoms with van der Waals surface area (Å²) in [5.41, 5.74) is 1.33. The third kappa shape index (κ3) is 11.6. The number of esters is 1. The van der Waals surface area contributed by atoms with Gasteiger partial charge in [0.1, 0.15) is 16.9 Å². The van der Waals surface area contributed by atoms with Gasteiger partial charge in [-0.05, 0) is 45.4 Å². The van der Waals surface area contributed by atoms with Crippen LogP contribution < -0.4 is 4.74 Å². The molecule has 0 atom stereocenters. The van der Waals surface area contributed by atoms with Crippen molar-refractivity contribution in [3.63, 3.8) is 0 Å². The summed E-state index contributed by atoms with van der Waals surface area (Å²) in [5.74, 6) is 0.576. The topological polar surface area (TPSA) is 79.1 Å². The number of unbranched alkanes of at least 4 members (excludes halogenated alkanes) is 9. The molecule has 2 aromatic rings. The number of nitrogens with zero attached hydrogens (tertiary/aromatic N) is 4. The maximum Gasteiger partial charge on any atom is 0.316 e. The van der Waals surface area contributed by atoms with Gasteiger partial charge in [-0.2, -0.15) is 5.10 Å². The molecule has 0 spiro atoms. The number of hydrogen-bond acceptors (Lipinski definition) is 7. The number of carbonyl (C=O) groups is 1. The zero-order valence-corrected chi connectivity index (χ0v) is 23.2. The van der Waals surface area contributed by atoms with Crippen LogP contribution in [0, 0.1) is 0 Å². The molecular weight excluding hydrogens is 472 g/mol. The molecule has 2 aromatic heterocycles. The van der Waals surface area contributed by atoms with Gasteiger partial charge < -0.3 is 9.47 Å². The van der Waals surface area contributed by atoms with Gasteiger partial charge >= 0.3 is 5.97 Å². The average Bonchev–Trinajstić information content (AvgIpc) is 3.20. The molecule has 7 nitrogen and oxygen atoms in total. The lowest BCUT2D eigenvalue weighted by Crippen LogP contribution is -2.06. The molecule has 0 saturated carbocycles. The Hall–Kier alpha value is -2.35. The van der Waals surface area contributed by atoms with Gasteiger partial charge in [0.25, 0.3) is 0 Å². The predicted octanol–water partition coefficient (Wildman–Crippen LogP) is 7.21. The first-order valence-corrected chi connectivity index (χ1v) is 14.5. The Balaban J connectivity index is 1.57. The molecule has 0 saturated heterocycles. The van der Waals surface area contributed by atoms with Gasteiger partial charge in [-0.15, -0.1) is 0 Å². The number of fused-ring (bicyclic) bond motifs is 1. The first kappa shape index (κ1) is 29.9. The number of allylic oxidation sites excluding steroid dienone is 4. The van der Waals surface area contributed by atoms with Crippen LogP contribution in [0.25, 0.3) is 11.0 Å². The molecule has 0 aliphatic heterocycles. The molecule has 0 aliphatic carbocycles. The largest absolute Gasteiger partial charge is 0.476 e. The van der Waals surface area contributed by atoms with Crippen LogP contribution >= 0.6 is 11.8 Å². The van der Waals surface area contributed by atoms with Crippen LogP contribution in [0.3, 0.4) is 0 Å². The Bertz CT molecular complexity index is 942. The molecule has 36 heavy (non-hydrogen) atoms. The zero-order valence-electron chi connectivity index (χ0n) is 22.4. The first-order valence-electron chi connectivity index (χ1n) is 13.6. The van der Waals surface area contributed by atoms with Crippen molar-refractivity contribution in [1.82, 2.24) is 19.7 Å². The van der Waals surface area contributed by atoms with Crippen LogP contribution in [0.5, 0.6) is 5.88 Å². The molecule has 0 radical (unpaired) electrons. The van der Waals surface area contributed by atoms with Crippen molar-refractivity contribution in [3.05, 3.63) is 30.6 Å². The van der Waals surface area contributed by atoms with E-state index in [1.165, 1.54) is 75.9 Å². The molecule has 0 bridgehead atoms. The van der Waals surface area contributed by atoms with E-state index in [1.54, 1.807) is 11.6 Å². The van der Waals surface area contributed by atoms with Crippen LogP contribution in [0.4, 0.5) is 0 Å². The van der Waals surface area contributed by atoms with Crippen LogP contribution in [-0.2, 0) is 16.6 Å². The van der Waals surface area contributed by atoms with Gasteiger partial charge in [0.2, 0.25) is 5.88 Å². The average molecular weight is 517 g/mol. The summed E-state index contributed by atoms with van der Waals surface area (Å²) in [4.78, 5) is 20.3. The minimum absolute atomic E-state index is 0.194. The molecule has 2 rings (SSSR count). The van der Waals surface area contributed by atoms with E-state index >= 15 is 0 Å². The second-order valence-electron chi connectivity index (χ2n) is 8.83. The molecule has 0 aromatic carbocycles. The number of hydrogen-bond donors (Lipinski definition) is 0. The number of carbonyl (C=O) groups excluding carboxylic acids is 1. The lowest BCUT2D eigenvalue weighted by atomic mass is 10.1. The van der Waals surface area contributed by atoms with E-state index in [0.29, 0.717) is 35.2 Å². The highest BCUT2D eigenvalue weighted by Crippen LogP contribution is 2.29. The lowest BCUT2D eigenvalue weighted by Gasteiger charge is -2.06. The number of aromatic nitrogens is 4. The molecule has 0 fully saturated rings. The number of aryl methyl sites for hydroxylation is 1. The molecule has 0 unspecified atom stereocenters. The van der Waals surface area contributed by atoms with Gasteiger partial charge in [-0.1, -0.05) is 81.5 Å². The molecule has 0 amide bonds. The monoisotopic (exact) mass is 516 g/mol. The molecule has 8 heteroatoms. The fraction of sp³-hybridized carbons (Fsp3) is 0.643. The fourth-order valence-electron chi connectivity index (χ4n) is 3.81. The quantitative estimate of drug-likeness (QED) is 0.0604. The van der Waals surface area contributed by atoms with Crippen molar-refractivity contribution in [2.24, 2.45) is 7.05 Å². The third-order valence-electron chi connectivity index (χ3n) is 5.75. The molecular formula is C28H44N4O3S. The third-order valence-corrected chi connectivity index (χ3v) is 6.70. The Morgan fingerprint density at radius 2 is 1.61 bits per heavy atom. The minimum atomic E-state index is -0.265. The maximum atomic E-state index is 11.7. The zero-order chi connectivity index (χ0) is 25.8. The van der Waals surface area contributed by atoms with E-state index in [2.05, 4.69) is 46.3 Å². The van der Waals surface area contributed by atoms with E-state index in [0.717, 1.165) is 19.3 Å². The first-order chi connectivity index (χ1) is 17.7. The van der Waals surface area contributed by atoms with Crippen molar-refractivity contribution in [3.8, 4) is 5.88 Å². The van der Waals surface area contributed by atoms with Crippen molar-refractivity contribution in [1.29, 1.82) is 0 Å². The highest BCUT2D eigenvalue weighted by Gasteiger charge is 2.17. The van der Waals surface area contributed by atoms with E-state index in [1.807, 2.05) is 7.05 Å². The van der Waals surface area contributed by atoms with Crippen molar-refractivity contribution in [2.45, 2.75) is 95.9 Å². The number of thioether (sulfide) groups is 1. The van der Waals surface area contributed by atoms with Gasteiger partial charge in [0, 0.05) is 7.05 Å². The highest BCUT2D eigenvalue weighted by atomic mass is 32.2. The Morgan fingerprint density at radius 1 is 0.917 bits per heavy atom. The van der Waals surface area contributed by atoms with E-state index in [4.69, 9.17) is 9.47 Å². The van der Waals surface area contributed by atoms with E-state index < -0.39 is 0 Å². The lowest BCUT2D eigenvalue weighted by molar-refractivity contribution is -0.139. The Labute approximate surface area is 221 Å². The van der Waals surface area contributed by atoms with Crippen molar-refractivity contribution >= 4 is 28.8 Å². The van der Waals surface area contributed by atoms with Crippen LogP contribution in [0.2, 0.25) is 0 Å². The van der Waals surface area contributed by atoms with Crippen LogP contribution in [-0.4, -0.2) is 44.7 Å². The molecule has 200 valence electrons. The summed E-state index contributed by atoms with van der Waals surface area (Å²) >= 11 is 1.31. The fourth-order valence-corrected chi connectivity index (χ4v) is 4.55. The summed E-state index contributed by atoms with van der Waals surface area (Å²) in [6.07, 6.45) is 25.4. The number of rotatable bonds is 20. The molecule has 0 N–H and O–H groups in total. The predicted molar refractivity (Wildman–Crippen MR) is 149 cm³/mol. The van der Waals surface area contributed by atoms with E-state index in [9.17, 15) is 4.79 Å². The summed E-state index contributed by atoms with van der Waals surface area (Å²) in [5, 5.41) is 5.18. The normalized spacial score (nSPS) is 11.8. The Kier molecular flexibility index (Phi) is 15.6. The smallest absolute Gasteiger partial charge is 0.316 e. The van der Waals surface area contributed by atoms with Crippen molar-refractivity contribution < 1.29 is 14.3 Å². The van der Waals surface area contributed by atoms with Gasteiger partial charge in [-0.3, -0.25) is 4.79 Å². The van der Waals surface area contributed by atoms with E-state index in [-0.39, 0.29) is 11.7 Å². The molecule has 0 aliphatic rings. The Morgan fingerprint density at radius 3 is 2.33 bits per heavy atom. The van der Waals surface area contributed by atoms with Crippen LogP contribution in [0.15, 0.2) is 35.7 Å². The minimum Gasteiger partial charge on any atom is -0.476 e. The van der Waals surface area contributed by atoms with Gasteiger partial charge in [0.15, 0.2) is 5.52 Å². The highest BCUT2D eigenvalue weighted by molar-refractivity contribution is 8.00. The van der Waals surface area contributed by atoms with Crippen LogP contribution in [0.1, 0.15) is 90.9 Å². The summed E-state index contributed by atoms with van der Waals surface area (Å²) < 4.78 is 12.7. The van der Waals surface area contributed by atoms with Gasteiger partial charge in [-0.25, -0.2) is 14.6 Å². The summed E-state index contributed by atoms with van der Waals surface area (Å²) in [7, 11) is 1.84. The van der Waals surface area contributed by atoms with Crippen molar-refractivity contribution in [2.75, 3.05) is 19.0 Å². The summed E-state index contributed by atoms with van der Waals surface area (Å²) in [6, 6.07) is 0. The number of ether oxygens (including phenoxy) is 2. The SMILES string of the molecule is CCCCC/C=C\C/C=C\CCCCCCCCOc1c2ncnc(SCC(=O)OCC)c2nn1C. The second kappa shape index (κ2) is 18.9. The standard InChI is InChI=1S/C28H44N4O3S/c1-4-6-7-8-9-10-11-12-13-14-15-16-17-18-19-20-21-35-28-26-25(31-32(28)3)27(30-23-29-26)36-22-24(33)34-5-2/h9-10,12-13,23H,4-8,11,14-22H2,1-3H3/b10-9-,13-12-. The molecule has 2 heterocycles. The maximum absolute atomic E-state index is 11.7. The summed E-state index contributed by atoms with van der Waals surface area (Å²) in [6.45, 7) is 5.05.